The molecule has 1 amide bonds. The lowest BCUT2D eigenvalue weighted by atomic mass is 9.88. The number of hydrogen-bond donors (Lipinski definition) is 2. The zero-order valence-corrected chi connectivity index (χ0v) is 12.7. The van der Waals surface area contributed by atoms with Gasteiger partial charge in [-0.1, -0.05) is 51.1 Å². The topological polar surface area (TPSA) is 58.6 Å². The van der Waals surface area contributed by atoms with E-state index in [0.717, 1.165) is 5.56 Å². The van der Waals surface area contributed by atoms with Crippen LogP contribution in [0.25, 0.3) is 0 Å². The van der Waals surface area contributed by atoms with Crippen LogP contribution >= 0.6 is 0 Å². The lowest BCUT2D eigenvalue weighted by molar-refractivity contribution is -0.132. The van der Waals surface area contributed by atoms with Gasteiger partial charge < -0.3 is 15.2 Å². The van der Waals surface area contributed by atoms with Gasteiger partial charge in [0.25, 0.3) is 5.91 Å². The largest absolute Gasteiger partial charge is 0.394 e. The molecule has 4 nitrogen and oxygen atoms in total. The molecule has 20 heavy (non-hydrogen) atoms. The quantitative estimate of drug-likeness (QED) is 0.840. The number of carbonyl (C=O) groups excluding carboxylic acids is 1. The second-order valence-electron chi connectivity index (χ2n) is 6.18. The fraction of sp³-hybridized carbons (Fsp3) is 0.562. The monoisotopic (exact) mass is 279 g/mol. The predicted octanol–water partition coefficient (Wildman–Crippen LogP) is 2.29. The molecule has 0 aliphatic carbocycles. The van der Waals surface area contributed by atoms with Crippen LogP contribution in [0.15, 0.2) is 30.3 Å². The average molecular weight is 279 g/mol. The van der Waals surface area contributed by atoms with Crippen molar-refractivity contribution >= 4 is 5.91 Å². The summed E-state index contributed by atoms with van der Waals surface area (Å²) in [4.78, 5) is 12.3. The Bertz CT molecular complexity index is 411. The first-order chi connectivity index (χ1) is 9.37. The van der Waals surface area contributed by atoms with Crippen molar-refractivity contribution in [3.63, 3.8) is 0 Å². The Morgan fingerprint density at radius 3 is 2.35 bits per heavy atom. The van der Waals surface area contributed by atoms with Crippen molar-refractivity contribution in [1.29, 1.82) is 0 Å². The number of benzene rings is 1. The van der Waals surface area contributed by atoms with Crippen LogP contribution in [-0.2, 0) is 9.53 Å². The van der Waals surface area contributed by atoms with E-state index in [4.69, 9.17) is 4.74 Å². The van der Waals surface area contributed by atoms with Crippen molar-refractivity contribution < 1.29 is 14.6 Å². The minimum Gasteiger partial charge on any atom is -0.394 e. The molecule has 0 saturated heterocycles. The van der Waals surface area contributed by atoms with Crippen LogP contribution in [0, 0.1) is 5.41 Å². The molecule has 4 heteroatoms. The molecule has 0 aromatic heterocycles. The zero-order valence-electron chi connectivity index (χ0n) is 12.7. The van der Waals surface area contributed by atoms with E-state index in [1.54, 1.807) is 0 Å². The molecule has 0 spiro atoms. The van der Waals surface area contributed by atoms with Crippen molar-refractivity contribution in [1.82, 2.24) is 5.32 Å². The summed E-state index contributed by atoms with van der Waals surface area (Å²) in [5, 5.41) is 12.3. The summed E-state index contributed by atoms with van der Waals surface area (Å²) < 4.78 is 5.28. The van der Waals surface area contributed by atoms with Gasteiger partial charge >= 0.3 is 0 Å². The van der Waals surface area contributed by atoms with Crippen molar-refractivity contribution in [2.75, 3.05) is 13.7 Å². The summed E-state index contributed by atoms with van der Waals surface area (Å²) >= 11 is 0. The highest BCUT2D eigenvalue weighted by atomic mass is 16.5. The zero-order chi connectivity index (χ0) is 15.2. The molecule has 2 atom stereocenters. The molecule has 0 radical (unpaired) electrons. The van der Waals surface area contributed by atoms with Gasteiger partial charge in [0.1, 0.15) is 0 Å². The average Bonchev–Trinajstić information content (AvgIpc) is 2.38. The van der Waals surface area contributed by atoms with Gasteiger partial charge in [0.2, 0.25) is 0 Å². The minimum atomic E-state index is -0.648. The number of ether oxygens (including phenoxy) is 1. The molecule has 0 fully saturated rings. The fourth-order valence-electron chi connectivity index (χ4n) is 2.20. The molecule has 0 aliphatic rings. The summed E-state index contributed by atoms with van der Waals surface area (Å²) in [6, 6.07) is 9.07. The Balaban J connectivity index is 2.72. The molecule has 0 heterocycles. The van der Waals surface area contributed by atoms with Gasteiger partial charge in [0, 0.05) is 7.11 Å². The highest BCUT2D eigenvalue weighted by molar-refractivity contribution is 5.82. The third-order valence-corrected chi connectivity index (χ3v) is 3.00. The van der Waals surface area contributed by atoms with E-state index >= 15 is 0 Å². The van der Waals surface area contributed by atoms with Crippen LogP contribution in [0.1, 0.15) is 38.9 Å². The van der Waals surface area contributed by atoms with E-state index in [1.807, 2.05) is 30.3 Å². The highest BCUT2D eigenvalue weighted by Crippen LogP contribution is 2.22. The highest BCUT2D eigenvalue weighted by Gasteiger charge is 2.25. The molecular weight excluding hydrogens is 254 g/mol. The summed E-state index contributed by atoms with van der Waals surface area (Å²) in [5.74, 6) is -0.220. The van der Waals surface area contributed by atoms with Crippen LogP contribution in [0.3, 0.4) is 0 Å². The Kier molecular flexibility index (Phi) is 6.17. The summed E-state index contributed by atoms with van der Waals surface area (Å²) in [6.07, 6.45) is 0.0608. The molecular formula is C16H25NO3. The van der Waals surface area contributed by atoms with Crippen molar-refractivity contribution in [3.05, 3.63) is 35.9 Å². The number of methoxy groups -OCH3 is 1. The molecule has 1 rings (SSSR count). The van der Waals surface area contributed by atoms with E-state index in [0.29, 0.717) is 6.42 Å². The Morgan fingerprint density at radius 2 is 1.90 bits per heavy atom. The SMILES string of the molecule is COC(C(=O)NC(CO)CC(C)(C)C)c1ccccc1. The van der Waals surface area contributed by atoms with Crippen LogP contribution in [0.4, 0.5) is 0 Å². The van der Waals surface area contributed by atoms with Gasteiger partial charge in [-0.3, -0.25) is 4.79 Å². The lowest BCUT2D eigenvalue weighted by Gasteiger charge is -2.27. The Morgan fingerprint density at radius 1 is 1.30 bits per heavy atom. The smallest absolute Gasteiger partial charge is 0.254 e. The number of amides is 1. The van der Waals surface area contributed by atoms with Crippen LogP contribution < -0.4 is 5.32 Å². The number of hydrogen-bond acceptors (Lipinski definition) is 3. The first-order valence-electron chi connectivity index (χ1n) is 6.86. The maximum absolute atomic E-state index is 12.3. The molecule has 2 N–H and O–H groups in total. The number of nitrogens with one attached hydrogen (secondary N) is 1. The molecule has 2 unspecified atom stereocenters. The third-order valence-electron chi connectivity index (χ3n) is 3.00. The Hall–Kier alpha value is -1.39. The molecule has 0 aliphatic heterocycles. The van der Waals surface area contributed by atoms with E-state index in [1.165, 1.54) is 7.11 Å². The maximum atomic E-state index is 12.3. The van der Waals surface area contributed by atoms with E-state index in [2.05, 4.69) is 26.1 Å². The molecule has 112 valence electrons. The van der Waals surface area contributed by atoms with Gasteiger partial charge in [-0.25, -0.2) is 0 Å². The van der Waals surface area contributed by atoms with Crippen LogP contribution in [0.2, 0.25) is 0 Å². The van der Waals surface area contributed by atoms with Gasteiger partial charge in [0.05, 0.1) is 12.6 Å². The fourth-order valence-corrected chi connectivity index (χ4v) is 2.20. The van der Waals surface area contributed by atoms with E-state index in [-0.39, 0.29) is 24.0 Å². The molecule has 1 aromatic carbocycles. The normalized spacial score (nSPS) is 14.7. The Labute approximate surface area is 121 Å². The summed E-state index contributed by atoms with van der Waals surface area (Å²) in [6.45, 7) is 6.15. The first kappa shape index (κ1) is 16.7. The number of aliphatic hydroxyl groups is 1. The van der Waals surface area contributed by atoms with Crippen LogP contribution in [-0.4, -0.2) is 30.8 Å². The lowest BCUT2D eigenvalue weighted by Crippen LogP contribution is -2.42. The van der Waals surface area contributed by atoms with E-state index in [9.17, 15) is 9.90 Å². The van der Waals surface area contributed by atoms with Crippen molar-refractivity contribution in [2.45, 2.75) is 39.3 Å². The van der Waals surface area contributed by atoms with Crippen molar-refractivity contribution in [3.8, 4) is 0 Å². The number of aliphatic hydroxyl groups excluding tert-OH is 1. The van der Waals surface area contributed by atoms with Gasteiger partial charge in [-0.2, -0.15) is 0 Å². The number of carbonyl (C=O) groups is 1. The predicted molar refractivity (Wildman–Crippen MR) is 79.3 cm³/mol. The third kappa shape index (κ3) is 5.31. The standard InChI is InChI=1S/C16H25NO3/c1-16(2,3)10-13(11-18)17-15(19)14(20-4)12-8-6-5-7-9-12/h5-9,13-14,18H,10-11H2,1-4H3,(H,17,19). The van der Waals surface area contributed by atoms with E-state index < -0.39 is 6.10 Å². The number of rotatable bonds is 6. The maximum Gasteiger partial charge on any atom is 0.254 e. The minimum absolute atomic E-state index is 0.0377. The molecule has 1 aromatic rings. The second-order valence-corrected chi connectivity index (χ2v) is 6.18. The van der Waals surface area contributed by atoms with Crippen LogP contribution in [0.5, 0.6) is 0 Å². The van der Waals surface area contributed by atoms with Gasteiger partial charge in [-0.15, -0.1) is 0 Å². The summed E-state index contributed by atoms with van der Waals surface area (Å²) in [7, 11) is 1.51. The first-order valence-corrected chi connectivity index (χ1v) is 6.86. The van der Waals surface area contributed by atoms with Gasteiger partial charge in [0.15, 0.2) is 6.10 Å². The molecule has 0 bridgehead atoms. The summed E-state index contributed by atoms with van der Waals surface area (Å²) in [5.41, 5.74) is 0.843. The van der Waals surface area contributed by atoms with Gasteiger partial charge in [-0.05, 0) is 17.4 Å². The second kappa shape index (κ2) is 7.41. The molecule has 0 saturated carbocycles. The van der Waals surface area contributed by atoms with Crippen molar-refractivity contribution in [2.24, 2.45) is 5.41 Å².